The van der Waals surface area contributed by atoms with Crippen LogP contribution in [0.4, 0.5) is 5.69 Å². The van der Waals surface area contributed by atoms with Gasteiger partial charge in [-0.25, -0.2) is 0 Å². The molecule has 0 aliphatic carbocycles. The maximum Gasteiger partial charge on any atom is 0.225 e. The molecular weight excluding hydrogens is 382 g/mol. The maximum atomic E-state index is 13.1. The Morgan fingerprint density at radius 3 is 2.17 bits per heavy atom. The van der Waals surface area contributed by atoms with Crippen molar-refractivity contribution in [1.82, 2.24) is 0 Å². The van der Waals surface area contributed by atoms with Crippen LogP contribution in [0.25, 0.3) is 0 Å². The van der Waals surface area contributed by atoms with E-state index in [1.807, 2.05) is 60.7 Å². The Balaban J connectivity index is 1.65. The zero-order chi connectivity index (χ0) is 20.4. The van der Waals surface area contributed by atoms with E-state index in [-0.39, 0.29) is 17.7 Å². The van der Waals surface area contributed by atoms with E-state index in [2.05, 4.69) is 25.2 Å². The quantitative estimate of drug-likeness (QED) is 0.473. The molecule has 3 aromatic carbocycles. The van der Waals surface area contributed by atoms with Gasteiger partial charge in [-0.15, -0.1) is 11.6 Å². The number of para-hydroxylation sites is 3. The summed E-state index contributed by atoms with van der Waals surface area (Å²) >= 11 is 6.15. The molecule has 0 unspecified atom stereocenters. The fourth-order valence-corrected chi connectivity index (χ4v) is 4.19. The number of alkyl halides is 1. The molecule has 1 aliphatic rings. The van der Waals surface area contributed by atoms with Gasteiger partial charge in [0.1, 0.15) is 11.5 Å². The van der Waals surface area contributed by atoms with E-state index < -0.39 is 0 Å². The molecule has 0 saturated carbocycles. The first-order valence-corrected chi connectivity index (χ1v) is 10.4. The Hall–Kier alpha value is -2.78. The maximum absolute atomic E-state index is 13.1. The van der Waals surface area contributed by atoms with E-state index in [1.54, 1.807) is 0 Å². The van der Waals surface area contributed by atoms with E-state index in [1.165, 1.54) is 0 Å². The molecule has 4 heteroatoms. The largest absolute Gasteiger partial charge is 0.457 e. The van der Waals surface area contributed by atoms with E-state index >= 15 is 0 Å². The predicted molar refractivity (Wildman–Crippen MR) is 118 cm³/mol. The van der Waals surface area contributed by atoms with Crippen molar-refractivity contribution in [3.05, 3.63) is 89.0 Å². The van der Waals surface area contributed by atoms with Crippen molar-refractivity contribution in [3.8, 4) is 11.5 Å². The molecule has 148 valence electrons. The highest BCUT2D eigenvalue weighted by Crippen LogP contribution is 2.45. The zero-order valence-corrected chi connectivity index (χ0v) is 17.4. The van der Waals surface area contributed by atoms with Crippen molar-refractivity contribution in [2.75, 3.05) is 5.32 Å². The lowest BCUT2D eigenvalue weighted by atomic mass is 9.85. The third-order valence-electron chi connectivity index (χ3n) is 5.41. The number of benzene rings is 3. The van der Waals surface area contributed by atoms with Gasteiger partial charge in [0.15, 0.2) is 0 Å². The van der Waals surface area contributed by atoms with E-state index in [0.717, 1.165) is 39.4 Å². The molecule has 0 atom stereocenters. The summed E-state index contributed by atoms with van der Waals surface area (Å²) in [6.45, 7) is 4.24. The van der Waals surface area contributed by atoms with Crippen LogP contribution in [0.3, 0.4) is 0 Å². The molecule has 1 N–H and O–H groups in total. The molecular formula is C25H24ClNO2. The van der Waals surface area contributed by atoms with Crippen LogP contribution in [0.5, 0.6) is 11.5 Å². The average Bonchev–Trinajstić information content (AvgIpc) is 2.73. The smallest absolute Gasteiger partial charge is 0.225 e. The zero-order valence-electron chi connectivity index (χ0n) is 16.6. The highest BCUT2D eigenvalue weighted by molar-refractivity contribution is 6.17. The molecule has 29 heavy (non-hydrogen) atoms. The molecule has 0 bridgehead atoms. The first-order valence-electron chi connectivity index (χ1n) is 9.91. The second-order valence-corrected chi connectivity index (χ2v) is 7.92. The number of anilines is 1. The van der Waals surface area contributed by atoms with E-state index in [4.69, 9.17) is 16.3 Å². The van der Waals surface area contributed by atoms with Crippen LogP contribution >= 0.6 is 11.6 Å². The summed E-state index contributed by atoms with van der Waals surface area (Å²) < 4.78 is 6.05. The molecule has 0 aromatic heterocycles. The van der Waals surface area contributed by atoms with Gasteiger partial charge in [0.25, 0.3) is 0 Å². The van der Waals surface area contributed by atoms with Gasteiger partial charge in [0.05, 0.1) is 0 Å². The number of nitrogens with one attached hydrogen (secondary N) is 1. The number of carbonyl (C=O) groups excluding carboxylic acids is 1. The second kappa shape index (κ2) is 8.30. The normalized spacial score (nSPS) is 12.8. The Labute approximate surface area is 176 Å². The molecule has 1 amide bonds. The highest BCUT2D eigenvalue weighted by atomic mass is 35.5. The van der Waals surface area contributed by atoms with Gasteiger partial charge in [0, 0.05) is 35.0 Å². The molecule has 1 aliphatic heterocycles. The molecule has 4 rings (SSSR count). The minimum Gasteiger partial charge on any atom is -0.457 e. The Bertz CT molecular complexity index is 999. The number of carbonyl (C=O) groups is 1. The number of ether oxygens (including phenoxy) is 1. The molecule has 0 radical (unpaired) electrons. The predicted octanol–water partition coefficient (Wildman–Crippen LogP) is 6.82. The van der Waals surface area contributed by atoms with E-state index in [0.29, 0.717) is 12.3 Å². The van der Waals surface area contributed by atoms with Crippen LogP contribution < -0.4 is 10.1 Å². The summed E-state index contributed by atoms with van der Waals surface area (Å²) in [5, 5.41) is 3.16. The number of amides is 1. The Morgan fingerprint density at radius 2 is 1.59 bits per heavy atom. The molecule has 3 nitrogen and oxygen atoms in total. The third-order valence-corrected chi connectivity index (χ3v) is 5.70. The second-order valence-electron chi connectivity index (χ2n) is 7.65. The van der Waals surface area contributed by atoms with Gasteiger partial charge in [0.2, 0.25) is 5.91 Å². The van der Waals surface area contributed by atoms with Gasteiger partial charge in [-0.05, 0) is 29.2 Å². The van der Waals surface area contributed by atoms with Gasteiger partial charge in [-0.1, -0.05) is 68.4 Å². The topological polar surface area (TPSA) is 38.3 Å². The fraction of sp³-hybridized carbons (Fsp3) is 0.240. The summed E-state index contributed by atoms with van der Waals surface area (Å²) in [6.07, 6.45) is 0.339. The van der Waals surface area contributed by atoms with Crippen LogP contribution in [0, 0.1) is 0 Å². The number of fused-ring (bicyclic) bond motifs is 2. The van der Waals surface area contributed by atoms with Crippen LogP contribution in [-0.2, 0) is 10.7 Å². The number of hydrogen-bond acceptors (Lipinski definition) is 2. The summed E-state index contributed by atoms with van der Waals surface area (Å²) in [4.78, 5) is 13.1. The number of hydrogen-bond donors (Lipinski definition) is 1. The van der Waals surface area contributed by atoms with Crippen LogP contribution in [0.15, 0.2) is 66.7 Å². The van der Waals surface area contributed by atoms with Crippen molar-refractivity contribution in [1.29, 1.82) is 0 Å². The lowest BCUT2D eigenvalue weighted by Gasteiger charge is -2.28. The first-order chi connectivity index (χ1) is 14.1. The van der Waals surface area contributed by atoms with Crippen LogP contribution in [0.2, 0.25) is 0 Å². The average molecular weight is 406 g/mol. The van der Waals surface area contributed by atoms with Crippen LogP contribution in [-0.4, -0.2) is 5.91 Å². The lowest BCUT2D eigenvalue weighted by Crippen LogP contribution is -2.20. The van der Waals surface area contributed by atoms with Crippen molar-refractivity contribution in [3.63, 3.8) is 0 Å². The third kappa shape index (κ3) is 3.88. The monoisotopic (exact) mass is 405 g/mol. The first kappa shape index (κ1) is 19.5. The van der Waals surface area contributed by atoms with Gasteiger partial charge >= 0.3 is 0 Å². The Kier molecular flexibility index (Phi) is 5.59. The number of halogens is 1. The molecule has 1 heterocycles. The van der Waals surface area contributed by atoms with Crippen molar-refractivity contribution in [2.24, 2.45) is 0 Å². The summed E-state index contributed by atoms with van der Waals surface area (Å²) in [7, 11) is 0. The lowest BCUT2D eigenvalue weighted by molar-refractivity contribution is -0.116. The summed E-state index contributed by atoms with van der Waals surface area (Å²) in [5.41, 5.74) is 4.96. The van der Waals surface area contributed by atoms with Crippen molar-refractivity contribution in [2.45, 2.75) is 38.0 Å². The van der Waals surface area contributed by atoms with E-state index in [9.17, 15) is 4.79 Å². The van der Waals surface area contributed by atoms with Crippen molar-refractivity contribution < 1.29 is 9.53 Å². The fourth-order valence-electron chi connectivity index (χ4n) is 3.97. The molecule has 0 saturated heterocycles. The van der Waals surface area contributed by atoms with Gasteiger partial charge in [-0.3, -0.25) is 4.79 Å². The SMILES string of the molecule is CC(C)c1cccc(CCl)c1NC(=O)CC1c2ccccc2Oc2ccccc21. The van der Waals surface area contributed by atoms with Crippen molar-refractivity contribution >= 4 is 23.2 Å². The Morgan fingerprint density at radius 1 is 0.966 bits per heavy atom. The van der Waals surface area contributed by atoms with Crippen LogP contribution in [0.1, 0.15) is 54.4 Å². The molecule has 0 spiro atoms. The number of rotatable bonds is 5. The minimum atomic E-state index is -0.0539. The van der Waals surface area contributed by atoms with Gasteiger partial charge < -0.3 is 10.1 Å². The molecule has 0 fully saturated rings. The summed E-state index contributed by atoms with van der Waals surface area (Å²) in [5.74, 6) is 2.20. The highest BCUT2D eigenvalue weighted by Gasteiger charge is 2.29. The summed E-state index contributed by atoms with van der Waals surface area (Å²) in [6, 6.07) is 21.9. The molecule has 3 aromatic rings. The van der Waals surface area contributed by atoms with Gasteiger partial charge in [-0.2, -0.15) is 0 Å². The minimum absolute atomic E-state index is 0.0269. The standard InChI is InChI=1S/C25H24ClNO2/c1-16(2)18-11-7-8-17(15-26)25(18)27-24(28)14-21-19-9-3-5-12-22(19)29-23-13-6-4-10-20(21)23/h3-13,16,21H,14-15H2,1-2H3,(H,27,28).